The summed E-state index contributed by atoms with van der Waals surface area (Å²) in [5, 5.41) is 2.80. The van der Waals surface area contributed by atoms with Gasteiger partial charge in [0.1, 0.15) is 0 Å². The van der Waals surface area contributed by atoms with Crippen molar-refractivity contribution in [3.05, 3.63) is 35.4 Å². The van der Waals surface area contributed by atoms with Gasteiger partial charge >= 0.3 is 0 Å². The lowest BCUT2D eigenvalue weighted by molar-refractivity contribution is -0.117. The Kier molecular flexibility index (Phi) is 5.35. The van der Waals surface area contributed by atoms with Crippen molar-refractivity contribution in [2.75, 3.05) is 19.6 Å². The van der Waals surface area contributed by atoms with E-state index < -0.39 is 11.7 Å². The van der Waals surface area contributed by atoms with Gasteiger partial charge in [-0.15, -0.1) is 0 Å². The third kappa shape index (κ3) is 4.17. The molecule has 0 aliphatic carbocycles. The number of carbonyl (C=O) groups is 2. The number of aryl methyl sites for hydroxylation is 1. The van der Waals surface area contributed by atoms with Crippen molar-refractivity contribution in [2.24, 2.45) is 0 Å². The van der Waals surface area contributed by atoms with Gasteiger partial charge in [0.25, 0.3) is 5.91 Å². The lowest BCUT2D eigenvalue weighted by Crippen LogP contribution is -2.54. The van der Waals surface area contributed by atoms with Crippen LogP contribution in [0.25, 0.3) is 0 Å². The number of piperidine rings is 1. The number of Topliss-reactive ketones (excluding diaryl/α,β-unsaturated/α-hetero) is 1. The smallest absolute Gasteiger partial charge is 0.292 e. The molecule has 1 fully saturated rings. The van der Waals surface area contributed by atoms with E-state index in [9.17, 15) is 9.59 Å². The topological polar surface area (TPSA) is 49.4 Å². The number of likely N-dealkylation sites (tertiary alicyclic amines) is 1. The molecule has 1 heterocycles. The fraction of sp³-hybridized carbons (Fsp3) is 0.556. The first-order chi connectivity index (χ1) is 10.4. The predicted molar refractivity (Wildman–Crippen MR) is 88.0 cm³/mol. The molecule has 0 atom stereocenters. The first-order valence-electron chi connectivity index (χ1n) is 8.04. The fourth-order valence-corrected chi connectivity index (χ4v) is 2.82. The van der Waals surface area contributed by atoms with Crippen LogP contribution in [0.15, 0.2) is 24.3 Å². The van der Waals surface area contributed by atoms with Crippen LogP contribution in [0.2, 0.25) is 0 Å². The molecule has 1 aliphatic heterocycles. The zero-order valence-corrected chi connectivity index (χ0v) is 13.8. The first kappa shape index (κ1) is 16.7. The summed E-state index contributed by atoms with van der Waals surface area (Å²) in [7, 11) is 0. The van der Waals surface area contributed by atoms with E-state index in [1.54, 1.807) is 12.1 Å². The number of hydrogen-bond donors (Lipinski definition) is 1. The summed E-state index contributed by atoms with van der Waals surface area (Å²) in [6.45, 7) is 8.81. The third-order valence-corrected chi connectivity index (χ3v) is 4.41. The molecule has 1 aromatic carbocycles. The number of hydrogen-bond acceptors (Lipinski definition) is 3. The summed E-state index contributed by atoms with van der Waals surface area (Å²) in [5.74, 6) is -0.983. The molecular formula is C18H26N2O2. The number of rotatable bonds is 5. The van der Waals surface area contributed by atoms with Crippen molar-refractivity contribution in [1.82, 2.24) is 10.2 Å². The molecule has 2 rings (SSSR count). The highest BCUT2D eigenvalue weighted by atomic mass is 16.2. The highest BCUT2D eigenvalue weighted by Gasteiger charge is 2.29. The molecule has 1 aliphatic rings. The second-order valence-electron chi connectivity index (χ2n) is 6.74. The second kappa shape index (κ2) is 7.05. The Morgan fingerprint density at radius 2 is 1.68 bits per heavy atom. The van der Waals surface area contributed by atoms with Crippen molar-refractivity contribution < 1.29 is 9.59 Å². The van der Waals surface area contributed by atoms with E-state index in [-0.39, 0.29) is 5.54 Å². The molecule has 0 spiro atoms. The molecule has 4 heteroatoms. The highest BCUT2D eigenvalue weighted by Crippen LogP contribution is 2.19. The Morgan fingerprint density at radius 1 is 1.09 bits per heavy atom. The summed E-state index contributed by atoms with van der Waals surface area (Å²) in [4.78, 5) is 26.6. The SMILES string of the molecule is Cc1ccc(C(=O)C(=O)NCC(C)(C)N2CCCCC2)cc1. The largest absolute Gasteiger partial charge is 0.347 e. The van der Waals surface area contributed by atoms with Crippen LogP contribution < -0.4 is 5.32 Å². The van der Waals surface area contributed by atoms with Gasteiger partial charge in [0, 0.05) is 17.6 Å². The monoisotopic (exact) mass is 302 g/mol. The summed E-state index contributed by atoms with van der Waals surface area (Å²) >= 11 is 0. The lowest BCUT2D eigenvalue weighted by Gasteiger charge is -2.41. The van der Waals surface area contributed by atoms with E-state index in [1.165, 1.54) is 19.3 Å². The molecule has 0 radical (unpaired) electrons. The minimum Gasteiger partial charge on any atom is -0.347 e. The molecule has 1 saturated heterocycles. The van der Waals surface area contributed by atoms with Gasteiger partial charge in [0.05, 0.1) is 0 Å². The number of nitrogens with zero attached hydrogens (tertiary/aromatic N) is 1. The van der Waals surface area contributed by atoms with Gasteiger partial charge in [-0.2, -0.15) is 0 Å². The normalized spacial score (nSPS) is 16.3. The van der Waals surface area contributed by atoms with Crippen LogP contribution in [-0.4, -0.2) is 41.8 Å². The van der Waals surface area contributed by atoms with Crippen LogP contribution in [0.1, 0.15) is 49.0 Å². The number of benzene rings is 1. The van der Waals surface area contributed by atoms with Gasteiger partial charge in [-0.05, 0) is 46.7 Å². The summed E-state index contributed by atoms with van der Waals surface area (Å²) in [6, 6.07) is 7.09. The summed E-state index contributed by atoms with van der Waals surface area (Å²) < 4.78 is 0. The van der Waals surface area contributed by atoms with Gasteiger partial charge in [-0.1, -0.05) is 36.2 Å². The zero-order valence-electron chi connectivity index (χ0n) is 13.8. The molecule has 22 heavy (non-hydrogen) atoms. The van der Waals surface area contributed by atoms with E-state index in [0.717, 1.165) is 18.7 Å². The molecule has 0 saturated carbocycles. The van der Waals surface area contributed by atoms with E-state index in [0.29, 0.717) is 12.1 Å². The van der Waals surface area contributed by atoms with Gasteiger partial charge in [-0.3, -0.25) is 14.5 Å². The molecule has 0 aromatic heterocycles. The molecule has 0 bridgehead atoms. The summed E-state index contributed by atoms with van der Waals surface area (Å²) in [5.41, 5.74) is 1.39. The van der Waals surface area contributed by atoms with E-state index in [1.807, 2.05) is 19.1 Å². The fourth-order valence-electron chi connectivity index (χ4n) is 2.82. The maximum Gasteiger partial charge on any atom is 0.292 e. The quantitative estimate of drug-likeness (QED) is 0.672. The molecule has 1 amide bonds. The van der Waals surface area contributed by atoms with E-state index >= 15 is 0 Å². The Labute approximate surface area is 132 Å². The Hall–Kier alpha value is -1.68. The first-order valence-corrected chi connectivity index (χ1v) is 8.04. The molecule has 120 valence electrons. The number of amides is 1. The predicted octanol–water partition coefficient (Wildman–Crippen LogP) is 2.56. The Balaban J connectivity index is 1.91. The van der Waals surface area contributed by atoms with Gasteiger partial charge in [-0.25, -0.2) is 0 Å². The average Bonchev–Trinajstić information content (AvgIpc) is 2.53. The maximum atomic E-state index is 12.1. The van der Waals surface area contributed by atoms with Crippen molar-refractivity contribution in [3.63, 3.8) is 0 Å². The summed E-state index contributed by atoms with van der Waals surface area (Å²) in [6.07, 6.45) is 3.70. The van der Waals surface area contributed by atoms with Gasteiger partial charge in [0.15, 0.2) is 0 Å². The van der Waals surface area contributed by atoms with Crippen LogP contribution in [0.5, 0.6) is 0 Å². The average molecular weight is 302 g/mol. The number of carbonyl (C=O) groups excluding carboxylic acids is 2. The molecule has 1 N–H and O–H groups in total. The van der Waals surface area contributed by atoms with Crippen molar-refractivity contribution >= 4 is 11.7 Å². The molecular weight excluding hydrogens is 276 g/mol. The van der Waals surface area contributed by atoms with E-state index in [2.05, 4.69) is 24.1 Å². The zero-order chi connectivity index (χ0) is 16.2. The minimum absolute atomic E-state index is 0.121. The van der Waals surface area contributed by atoms with Crippen LogP contribution in [0.3, 0.4) is 0 Å². The van der Waals surface area contributed by atoms with E-state index in [4.69, 9.17) is 0 Å². The lowest BCUT2D eigenvalue weighted by atomic mass is 9.98. The van der Waals surface area contributed by atoms with Crippen LogP contribution in [0.4, 0.5) is 0 Å². The minimum atomic E-state index is -0.520. The van der Waals surface area contributed by atoms with Crippen LogP contribution >= 0.6 is 0 Å². The van der Waals surface area contributed by atoms with Crippen LogP contribution in [0, 0.1) is 6.92 Å². The van der Waals surface area contributed by atoms with Crippen molar-refractivity contribution in [1.29, 1.82) is 0 Å². The molecule has 1 aromatic rings. The Bertz CT molecular complexity index is 529. The maximum absolute atomic E-state index is 12.1. The van der Waals surface area contributed by atoms with Gasteiger partial charge in [0.2, 0.25) is 5.78 Å². The second-order valence-corrected chi connectivity index (χ2v) is 6.74. The molecule has 4 nitrogen and oxygen atoms in total. The molecule has 0 unspecified atom stereocenters. The Morgan fingerprint density at radius 3 is 2.27 bits per heavy atom. The highest BCUT2D eigenvalue weighted by molar-refractivity contribution is 6.42. The third-order valence-electron chi connectivity index (χ3n) is 4.41. The standard InChI is InChI=1S/C18H26N2O2/c1-14-7-9-15(10-8-14)16(21)17(22)19-13-18(2,3)20-11-5-4-6-12-20/h7-10H,4-6,11-13H2,1-3H3,(H,19,22). The van der Waals surface area contributed by atoms with Gasteiger partial charge < -0.3 is 5.32 Å². The van der Waals surface area contributed by atoms with Crippen LogP contribution in [-0.2, 0) is 4.79 Å². The van der Waals surface area contributed by atoms with Crippen molar-refractivity contribution in [2.45, 2.75) is 45.6 Å². The number of nitrogens with one attached hydrogen (secondary N) is 1. The number of ketones is 1. The van der Waals surface area contributed by atoms with Crippen molar-refractivity contribution in [3.8, 4) is 0 Å².